The molecule has 7 rings (SSSR count). The van der Waals surface area contributed by atoms with E-state index in [0.29, 0.717) is 7.35 Å². The predicted octanol–water partition coefficient (Wildman–Crippen LogP) is 12.4. The Labute approximate surface area is 301 Å². The van der Waals surface area contributed by atoms with Crippen LogP contribution in [-0.2, 0) is 23.0 Å². The first-order chi connectivity index (χ1) is 23.5. The van der Waals surface area contributed by atoms with Gasteiger partial charge in [-0.1, -0.05) is 0 Å². The van der Waals surface area contributed by atoms with Gasteiger partial charge >= 0.3 is 304 Å². The van der Waals surface area contributed by atoms with Crippen LogP contribution in [0.5, 0.6) is 0 Å². The second-order valence-corrected chi connectivity index (χ2v) is 68.6. The minimum atomic E-state index is -4.71. The van der Waals surface area contributed by atoms with E-state index in [1.165, 1.54) is 60.4 Å². The van der Waals surface area contributed by atoms with E-state index in [9.17, 15) is 0 Å². The molecule has 0 saturated carbocycles. The summed E-state index contributed by atoms with van der Waals surface area (Å²) in [6.07, 6.45) is 11.1. The summed E-state index contributed by atoms with van der Waals surface area (Å²) < 4.78 is 11.9. The molecule has 0 saturated heterocycles. The van der Waals surface area contributed by atoms with Gasteiger partial charge in [-0.3, -0.25) is 0 Å². The molecule has 50 heavy (non-hydrogen) atoms. The van der Waals surface area contributed by atoms with Gasteiger partial charge in [0.15, 0.2) is 0 Å². The van der Waals surface area contributed by atoms with Gasteiger partial charge in [0.25, 0.3) is 0 Å². The monoisotopic (exact) mass is 855 g/mol. The van der Waals surface area contributed by atoms with Crippen molar-refractivity contribution in [3.8, 4) is 22.3 Å². The molecular weight excluding hydrogens is 799 g/mol. The Balaban J connectivity index is 1.38. The molecule has 0 fully saturated rings. The van der Waals surface area contributed by atoms with Crippen molar-refractivity contribution in [3.63, 3.8) is 0 Å². The number of hydrogen-bond donors (Lipinski definition) is 0. The average molecular weight is 855 g/mol. The quantitative estimate of drug-likeness (QED) is 0.136. The first-order valence-corrected chi connectivity index (χ1v) is 42.7. The Morgan fingerprint density at radius 1 is 0.500 bits per heavy atom. The van der Waals surface area contributed by atoms with Gasteiger partial charge in [-0.15, -0.1) is 0 Å². The van der Waals surface area contributed by atoms with E-state index in [2.05, 4.69) is 197 Å². The average Bonchev–Trinajstić information content (AvgIpc) is 3.75. The van der Waals surface area contributed by atoms with E-state index >= 15 is 0 Å². The summed E-state index contributed by atoms with van der Waals surface area (Å²) in [4.78, 5) is 0. The van der Waals surface area contributed by atoms with Crippen LogP contribution in [0.25, 0.3) is 34.4 Å². The van der Waals surface area contributed by atoms with Crippen LogP contribution in [0.15, 0.2) is 127 Å². The molecule has 0 bridgehead atoms. The van der Waals surface area contributed by atoms with Gasteiger partial charge in [0.1, 0.15) is 0 Å². The predicted molar refractivity (Wildman–Crippen MR) is 227 cm³/mol. The molecule has 0 N–H and O–H groups in total. The summed E-state index contributed by atoms with van der Waals surface area (Å²) in [5, 5.41) is 3.03. The molecular formula is C47H55HfSi2. The maximum atomic E-state index is 2.88. The molecule has 2 atom stereocenters. The molecule has 5 aromatic rings. The second kappa shape index (κ2) is 11.9. The van der Waals surface area contributed by atoms with Gasteiger partial charge in [0.05, 0.1) is 0 Å². The molecule has 0 nitrogen and oxygen atoms in total. The fourth-order valence-electron chi connectivity index (χ4n) is 9.17. The van der Waals surface area contributed by atoms with E-state index in [0.717, 1.165) is 6.42 Å². The Morgan fingerprint density at radius 3 is 1.32 bits per heavy atom. The molecule has 0 radical (unpaired) electrons. The number of allylic oxidation sites excluding steroid dienone is 2. The summed E-state index contributed by atoms with van der Waals surface area (Å²) in [5.41, 5.74) is 12.6. The van der Waals surface area contributed by atoms with Crippen molar-refractivity contribution in [1.82, 2.24) is 0 Å². The Kier molecular flexibility index (Phi) is 8.37. The Morgan fingerprint density at radius 2 is 0.920 bits per heavy atom. The first kappa shape index (κ1) is 35.2. The number of benzene rings is 5. The van der Waals surface area contributed by atoms with Gasteiger partial charge in [-0.25, -0.2) is 0 Å². The molecule has 255 valence electrons. The van der Waals surface area contributed by atoms with Gasteiger partial charge in [-0.05, 0) is 0 Å². The van der Waals surface area contributed by atoms with Crippen molar-refractivity contribution in [2.75, 3.05) is 0 Å². The van der Waals surface area contributed by atoms with Gasteiger partial charge in [-0.2, -0.15) is 0 Å². The van der Waals surface area contributed by atoms with Crippen LogP contribution in [-0.4, -0.2) is 19.9 Å². The molecule has 0 aromatic heterocycles. The van der Waals surface area contributed by atoms with E-state index in [-0.39, 0.29) is 0 Å². The number of hydrogen-bond acceptors (Lipinski definition) is 0. The zero-order valence-electron chi connectivity index (χ0n) is 31.7. The normalized spacial score (nSPS) is 18.3. The third-order valence-corrected chi connectivity index (χ3v) is 45.7. The Bertz CT molecular complexity index is 2100. The van der Waals surface area contributed by atoms with Crippen LogP contribution in [0.1, 0.15) is 35.2 Å². The van der Waals surface area contributed by atoms with Crippen molar-refractivity contribution in [2.24, 2.45) is 0 Å². The zero-order chi connectivity index (χ0) is 35.6. The summed E-state index contributed by atoms with van der Waals surface area (Å²) in [6.45, 7) is 14.6. The summed E-state index contributed by atoms with van der Waals surface area (Å²) in [5.74, 6) is 0. The summed E-state index contributed by atoms with van der Waals surface area (Å²) in [6, 6.07) is 44.3. The van der Waals surface area contributed by atoms with Crippen molar-refractivity contribution < 1.29 is 16.5 Å². The van der Waals surface area contributed by atoms with E-state index in [4.69, 9.17) is 0 Å². The zero-order valence-corrected chi connectivity index (χ0v) is 37.3. The van der Waals surface area contributed by atoms with Crippen LogP contribution in [0, 0.1) is 0 Å². The summed E-state index contributed by atoms with van der Waals surface area (Å²) >= 11 is -4.71. The Hall–Kier alpha value is -3.25. The third kappa shape index (κ3) is 6.08. The number of rotatable bonds is 8. The molecule has 0 amide bonds. The van der Waals surface area contributed by atoms with Gasteiger partial charge < -0.3 is 0 Å². The molecule has 2 aliphatic rings. The number of fused-ring (bicyclic) bond motifs is 2. The maximum absolute atomic E-state index is 4.71. The molecule has 0 spiro atoms. The van der Waals surface area contributed by atoms with Crippen LogP contribution in [0.4, 0.5) is 0 Å². The van der Waals surface area contributed by atoms with Crippen molar-refractivity contribution in [1.29, 1.82) is 0 Å². The standard InChI is InChI=1S/2C18H19Si.C8H8.3CH3.Hf/c2*1-19(2,3)16-12-10-15(11-13-16)18-9-5-7-14-6-4-8-17(14)18;1-2-8-6-4-3-5-7-8;;;;/h2*4-13H,1-3H3;1,3-7H,2H2;3*1H3;. The third-order valence-electron chi connectivity index (χ3n) is 12.6. The summed E-state index contributed by atoms with van der Waals surface area (Å²) in [7, 11) is -2.73. The van der Waals surface area contributed by atoms with Crippen LogP contribution >= 0.6 is 0 Å². The minimum absolute atomic E-state index is 0.366. The fraction of sp³-hybridized carbons (Fsp3) is 0.255. The second-order valence-electron chi connectivity index (χ2n) is 19.4. The topological polar surface area (TPSA) is 0 Å². The first-order valence-electron chi connectivity index (χ1n) is 18.7. The van der Waals surface area contributed by atoms with E-state index in [1.807, 2.05) is 0 Å². The van der Waals surface area contributed by atoms with Crippen LogP contribution in [0.2, 0.25) is 53.3 Å². The van der Waals surface area contributed by atoms with Crippen molar-refractivity contribution >= 4 is 42.4 Å². The SMILES string of the molecule is C[Si](C)(C)c1ccc(-c2cccc3c2C=C[CH]3[Hf]([CH3])([CH3])([CH3])(=[CH]Cc2ccccc2)[CH]2C=Cc3c(-c4ccc([Si](C)(C)C)cc4)cccc32)cc1. The van der Waals surface area contributed by atoms with Gasteiger partial charge in [0.2, 0.25) is 0 Å². The molecule has 2 aliphatic carbocycles. The van der Waals surface area contributed by atoms with Crippen LogP contribution < -0.4 is 10.4 Å². The van der Waals surface area contributed by atoms with Crippen molar-refractivity contribution in [3.05, 3.63) is 155 Å². The van der Waals surface area contributed by atoms with Crippen molar-refractivity contribution in [2.45, 2.75) is 67.1 Å². The molecule has 5 aromatic carbocycles. The molecule has 3 heteroatoms. The molecule has 2 unspecified atom stereocenters. The van der Waals surface area contributed by atoms with Crippen LogP contribution in [0.3, 0.4) is 0 Å². The fourth-order valence-corrected chi connectivity index (χ4v) is 36.1. The molecule has 0 aliphatic heterocycles. The van der Waals surface area contributed by atoms with Gasteiger partial charge in [0, 0.05) is 0 Å². The van der Waals surface area contributed by atoms with E-state index < -0.39 is 32.7 Å². The van der Waals surface area contributed by atoms with E-state index in [1.54, 1.807) is 0 Å². The molecule has 0 heterocycles.